The number of hydrogen-bond donors (Lipinski definition) is 0. The zero-order valence-electron chi connectivity index (χ0n) is 40.3. The number of unbranched alkanes of at least 4 members (excludes halogenated alkanes) is 8. The standard InChI is InChI=1S/C54H58N8O2S6/c1-5-9-13-15-19-35(17-11-7-3)33-63-43-27-42(50-62-54-52(70-50)60-48(68-54)26-40-22-24-46(66-40)38(31-57)32-58)44(64-34-36(18-12-8-4)20-16-14-10-6-2)28-41(43)49-61-53-51(69-49)59-47(67-53)25-39-21-23-45(65-39)37(29-55)30-56/h21-28,35-36H,5-20,33-34H2,1-4H3/b39-25+,40-26+. The van der Waals surface area contributed by atoms with Gasteiger partial charge in [-0.15, -0.1) is 22.7 Å². The first kappa shape index (κ1) is 52.5. The van der Waals surface area contributed by atoms with Crippen molar-refractivity contribution in [2.45, 2.75) is 130 Å². The van der Waals surface area contributed by atoms with Crippen LogP contribution in [0.4, 0.5) is 0 Å². The van der Waals surface area contributed by atoms with Crippen molar-refractivity contribution in [2.24, 2.45) is 11.8 Å². The molecule has 362 valence electrons. The highest BCUT2D eigenvalue weighted by molar-refractivity contribution is 7.29. The Bertz CT molecular complexity index is 2970. The SMILES string of the molecule is CCCCCCC(CCCC)COc1cc(-c2nc3sc(/C=c4\ccc(=C(C#N)C#N)s4)nc3s2)c(OCC(CCCC)CCCCCC)cc1-c1nc2sc(/C=c3\ccc(=C(C#N)C#N)s3)nc2s1. The Hall–Kier alpha value is -5.30. The lowest BCUT2D eigenvalue weighted by molar-refractivity contribution is 0.221. The first-order valence-electron chi connectivity index (χ1n) is 24.5. The highest BCUT2D eigenvalue weighted by Gasteiger charge is 2.24. The van der Waals surface area contributed by atoms with E-state index in [0.717, 1.165) is 122 Å². The Morgan fingerprint density at radius 3 is 1.24 bits per heavy atom. The Balaban J connectivity index is 1.31. The maximum atomic E-state index is 9.39. The zero-order chi connectivity index (χ0) is 49.2. The number of ether oxygens (including phenoxy) is 2. The number of nitriles is 4. The number of thiazole rings is 4. The predicted molar refractivity (Wildman–Crippen MR) is 293 cm³/mol. The van der Waals surface area contributed by atoms with E-state index in [-0.39, 0.29) is 11.1 Å². The molecule has 70 heavy (non-hydrogen) atoms. The van der Waals surface area contributed by atoms with Crippen molar-refractivity contribution in [3.05, 3.63) is 64.5 Å². The molecule has 6 heterocycles. The molecule has 2 unspecified atom stereocenters. The zero-order valence-corrected chi connectivity index (χ0v) is 45.2. The molecule has 7 aromatic rings. The summed E-state index contributed by atoms with van der Waals surface area (Å²) in [4.78, 5) is 23.7. The summed E-state index contributed by atoms with van der Waals surface area (Å²) < 4.78 is 17.2. The van der Waals surface area contributed by atoms with E-state index < -0.39 is 0 Å². The molecule has 0 saturated heterocycles. The molecule has 0 radical (unpaired) electrons. The Morgan fingerprint density at radius 1 is 0.486 bits per heavy atom. The van der Waals surface area contributed by atoms with Crippen molar-refractivity contribution in [1.29, 1.82) is 21.0 Å². The number of thiophene rings is 2. The van der Waals surface area contributed by atoms with Gasteiger partial charge in [0.05, 0.1) is 33.4 Å². The molecule has 10 nitrogen and oxygen atoms in total. The van der Waals surface area contributed by atoms with Gasteiger partial charge in [0, 0.05) is 9.06 Å². The molecule has 0 amide bonds. The van der Waals surface area contributed by atoms with Crippen molar-refractivity contribution in [2.75, 3.05) is 13.2 Å². The quantitative estimate of drug-likeness (QED) is 0.0477. The lowest BCUT2D eigenvalue weighted by atomic mass is 9.96. The molecule has 0 bridgehead atoms. The topological polar surface area (TPSA) is 165 Å². The van der Waals surface area contributed by atoms with E-state index in [1.165, 1.54) is 96.7 Å². The number of rotatable bonds is 26. The molecule has 0 saturated carbocycles. The summed E-state index contributed by atoms with van der Waals surface area (Å²) in [6.45, 7) is 10.2. The largest absolute Gasteiger partial charge is 0.493 e. The average molecular weight is 1040 g/mol. The van der Waals surface area contributed by atoms with Crippen LogP contribution in [0.2, 0.25) is 0 Å². The molecule has 2 atom stereocenters. The molecule has 7 rings (SSSR count). The van der Waals surface area contributed by atoms with Crippen LogP contribution < -0.4 is 27.6 Å². The summed E-state index contributed by atoms with van der Waals surface area (Å²) in [6, 6.07) is 19.6. The number of aromatic nitrogens is 4. The Kier molecular flexibility index (Phi) is 20.1. The fraction of sp³-hybridized carbons (Fsp3) is 0.444. The van der Waals surface area contributed by atoms with E-state index in [1.54, 1.807) is 34.8 Å². The first-order chi connectivity index (χ1) is 34.3. The lowest BCUT2D eigenvalue weighted by Gasteiger charge is -2.22. The van der Waals surface area contributed by atoms with Crippen molar-refractivity contribution >= 4 is 111 Å². The summed E-state index contributed by atoms with van der Waals surface area (Å²) in [6.07, 6.45) is 22.8. The minimum atomic E-state index is 0.105. The maximum Gasteiger partial charge on any atom is 0.155 e. The molecule has 6 aromatic heterocycles. The van der Waals surface area contributed by atoms with Gasteiger partial charge in [0.15, 0.2) is 19.3 Å². The molecule has 16 heteroatoms. The van der Waals surface area contributed by atoms with Crippen LogP contribution in [0.15, 0.2) is 36.4 Å². The number of benzene rings is 1. The van der Waals surface area contributed by atoms with Crippen LogP contribution >= 0.6 is 68.0 Å². The minimum Gasteiger partial charge on any atom is -0.493 e. The van der Waals surface area contributed by atoms with Crippen molar-refractivity contribution in [1.82, 2.24) is 19.9 Å². The summed E-state index contributed by atoms with van der Waals surface area (Å²) in [5.41, 5.74) is 1.97. The van der Waals surface area contributed by atoms with Gasteiger partial charge >= 0.3 is 0 Å². The van der Waals surface area contributed by atoms with Crippen LogP contribution in [0, 0.1) is 57.2 Å². The molecule has 0 aliphatic heterocycles. The van der Waals surface area contributed by atoms with E-state index in [2.05, 4.69) is 39.8 Å². The highest BCUT2D eigenvalue weighted by atomic mass is 32.1. The van der Waals surface area contributed by atoms with E-state index in [4.69, 9.17) is 29.4 Å². The second kappa shape index (κ2) is 26.8. The van der Waals surface area contributed by atoms with Gasteiger partial charge in [-0.1, -0.05) is 150 Å². The third kappa shape index (κ3) is 14.0. The van der Waals surface area contributed by atoms with Crippen molar-refractivity contribution in [3.63, 3.8) is 0 Å². The first-order valence-corrected chi connectivity index (χ1v) is 29.4. The fourth-order valence-electron chi connectivity index (χ4n) is 8.19. The van der Waals surface area contributed by atoms with Crippen molar-refractivity contribution < 1.29 is 9.47 Å². The van der Waals surface area contributed by atoms with Gasteiger partial charge in [-0.05, 0) is 86.1 Å². The molecule has 0 aliphatic rings. The van der Waals surface area contributed by atoms with E-state index in [0.29, 0.717) is 34.1 Å². The summed E-state index contributed by atoms with van der Waals surface area (Å²) in [5, 5.41) is 40.8. The number of nitrogens with zero attached hydrogens (tertiary/aromatic N) is 8. The van der Waals surface area contributed by atoms with Gasteiger partial charge in [-0.2, -0.15) is 21.0 Å². The van der Waals surface area contributed by atoms with Gasteiger partial charge in [-0.3, -0.25) is 0 Å². The van der Waals surface area contributed by atoms with Crippen LogP contribution in [0.5, 0.6) is 11.5 Å². The third-order valence-corrected chi connectivity index (χ3v) is 18.2. The van der Waals surface area contributed by atoms with Gasteiger partial charge in [0.1, 0.15) is 67.0 Å². The van der Waals surface area contributed by atoms with Gasteiger partial charge in [0.2, 0.25) is 0 Å². The maximum absolute atomic E-state index is 9.39. The van der Waals surface area contributed by atoms with Crippen LogP contribution in [0.25, 0.3) is 63.8 Å². The second-order valence-electron chi connectivity index (χ2n) is 17.4. The van der Waals surface area contributed by atoms with E-state index in [1.807, 2.05) is 48.6 Å². The van der Waals surface area contributed by atoms with Crippen LogP contribution in [-0.2, 0) is 0 Å². The highest BCUT2D eigenvalue weighted by Crippen LogP contribution is 2.46. The molecule has 0 N–H and O–H groups in total. The van der Waals surface area contributed by atoms with Crippen LogP contribution in [0.1, 0.15) is 140 Å². The fourth-order valence-corrected chi connectivity index (χ4v) is 14.2. The average Bonchev–Trinajstić information content (AvgIpc) is 4.24. The lowest BCUT2D eigenvalue weighted by Crippen LogP contribution is -2.14. The molecular weight excluding hydrogens is 985 g/mol. The molecular formula is C54H58N8O2S6. The Labute approximate surface area is 434 Å². The second-order valence-corrected chi connectivity index (χ2v) is 23.6. The van der Waals surface area contributed by atoms with Gasteiger partial charge in [-0.25, -0.2) is 19.9 Å². The molecule has 0 spiro atoms. The van der Waals surface area contributed by atoms with Crippen molar-refractivity contribution in [3.8, 4) is 56.9 Å². The monoisotopic (exact) mass is 1040 g/mol. The smallest absolute Gasteiger partial charge is 0.155 e. The minimum absolute atomic E-state index is 0.105. The van der Waals surface area contributed by atoms with Gasteiger partial charge in [0.25, 0.3) is 0 Å². The summed E-state index contributed by atoms with van der Waals surface area (Å²) in [7, 11) is 0. The molecule has 0 aliphatic carbocycles. The summed E-state index contributed by atoms with van der Waals surface area (Å²) >= 11 is 8.92. The number of hydrogen-bond acceptors (Lipinski definition) is 16. The van der Waals surface area contributed by atoms with E-state index >= 15 is 0 Å². The Morgan fingerprint density at radius 2 is 0.871 bits per heavy atom. The molecule has 0 fully saturated rings. The predicted octanol–water partition coefficient (Wildman–Crippen LogP) is 13.6. The van der Waals surface area contributed by atoms with Crippen LogP contribution in [0.3, 0.4) is 0 Å². The van der Waals surface area contributed by atoms with E-state index in [9.17, 15) is 21.0 Å². The number of fused-ring (bicyclic) bond motifs is 2. The normalized spacial score (nSPS) is 12.7. The van der Waals surface area contributed by atoms with Crippen LogP contribution in [-0.4, -0.2) is 33.1 Å². The third-order valence-electron chi connectivity index (χ3n) is 12.1. The summed E-state index contributed by atoms with van der Waals surface area (Å²) in [5.74, 6) is 2.36. The van der Waals surface area contributed by atoms with Gasteiger partial charge < -0.3 is 9.47 Å². The molecule has 1 aromatic carbocycles.